The third kappa shape index (κ3) is 3.27. The fourth-order valence-electron chi connectivity index (χ4n) is 6.58. The van der Waals surface area contributed by atoms with Crippen LogP contribution in [-0.4, -0.2) is 64.9 Å². The van der Waals surface area contributed by atoms with Crippen LogP contribution in [0.5, 0.6) is 5.75 Å². The molecular weight excluding hydrogens is 378 g/mol. The number of phenolic OH excluding ortho intramolecular Hbond substituents is 1. The fraction of sp³-hybridized carbons (Fsp3) is 0.696. The van der Waals surface area contributed by atoms with Crippen molar-refractivity contribution < 1.29 is 10.2 Å². The summed E-state index contributed by atoms with van der Waals surface area (Å²) < 4.78 is 0. The minimum absolute atomic E-state index is 0.121. The molecule has 4 unspecified atom stereocenters. The predicted octanol–water partition coefficient (Wildman–Crippen LogP) is 0.817. The van der Waals surface area contributed by atoms with Gasteiger partial charge < -0.3 is 27.0 Å². The molecule has 4 aliphatic rings. The van der Waals surface area contributed by atoms with Gasteiger partial charge in [0, 0.05) is 30.6 Å². The summed E-state index contributed by atoms with van der Waals surface area (Å²) in [5, 5.41) is 26.2. The summed E-state index contributed by atoms with van der Waals surface area (Å²) in [6, 6.07) is 6.29. The molecule has 1 saturated heterocycles. The van der Waals surface area contributed by atoms with Gasteiger partial charge in [-0.3, -0.25) is 9.89 Å². The zero-order valence-electron chi connectivity index (χ0n) is 17.7. The van der Waals surface area contributed by atoms with Crippen molar-refractivity contribution in [2.24, 2.45) is 22.4 Å². The molecule has 1 aromatic carbocycles. The van der Waals surface area contributed by atoms with E-state index in [2.05, 4.69) is 21.3 Å². The number of hydrogen-bond acceptors (Lipinski definition) is 5. The number of aromatic hydroxyl groups is 1. The summed E-state index contributed by atoms with van der Waals surface area (Å²) in [4.78, 5) is 6.66. The van der Waals surface area contributed by atoms with E-state index in [4.69, 9.17) is 11.5 Å². The van der Waals surface area contributed by atoms with E-state index in [9.17, 15) is 10.2 Å². The number of phenols is 1. The number of likely N-dealkylation sites (tertiary alicyclic amines) is 1. The summed E-state index contributed by atoms with van der Waals surface area (Å²) in [7, 11) is 0. The van der Waals surface area contributed by atoms with Gasteiger partial charge in [-0.2, -0.15) is 0 Å². The summed E-state index contributed by atoms with van der Waals surface area (Å²) >= 11 is 0. The maximum Gasteiger partial charge on any atom is 0.185 e. The number of piperidine rings is 1. The number of nitrogens with two attached hydrogens (primary N) is 2. The fourth-order valence-corrected chi connectivity index (χ4v) is 6.58. The molecular formula is C23H35N5O2. The lowest BCUT2D eigenvalue weighted by Crippen LogP contribution is -2.74. The lowest BCUT2D eigenvalue weighted by atomic mass is 9.49. The van der Waals surface area contributed by atoms with E-state index in [1.165, 1.54) is 24.0 Å². The molecule has 3 fully saturated rings. The first kappa shape index (κ1) is 20.1. The van der Waals surface area contributed by atoms with Crippen molar-refractivity contribution in [1.82, 2.24) is 10.2 Å². The van der Waals surface area contributed by atoms with Gasteiger partial charge in [0.1, 0.15) is 5.75 Å². The number of aliphatic hydroxyl groups is 1. The molecule has 7 heteroatoms. The zero-order valence-corrected chi connectivity index (χ0v) is 17.7. The highest BCUT2D eigenvalue weighted by Crippen LogP contribution is 2.58. The molecule has 1 aliphatic heterocycles. The van der Waals surface area contributed by atoms with E-state index < -0.39 is 5.60 Å². The number of aliphatic imine (C=N–C) groups is 1. The smallest absolute Gasteiger partial charge is 0.185 e. The molecule has 3 aliphatic carbocycles. The highest BCUT2D eigenvalue weighted by atomic mass is 16.3. The molecule has 30 heavy (non-hydrogen) atoms. The number of nitrogens with zero attached hydrogens (tertiary/aromatic N) is 2. The van der Waals surface area contributed by atoms with Crippen molar-refractivity contribution in [3.63, 3.8) is 0 Å². The molecule has 2 saturated carbocycles. The Morgan fingerprint density at radius 2 is 2.07 bits per heavy atom. The van der Waals surface area contributed by atoms with Crippen molar-refractivity contribution in [3.8, 4) is 5.75 Å². The molecule has 164 valence electrons. The molecule has 7 nitrogen and oxygen atoms in total. The van der Waals surface area contributed by atoms with E-state index in [-0.39, 0.29) is 17.4 Å². The van der Waals surface area contributed by atoms with Gasteiger partial charge in [-0.1, -0.05) is 6.07 Å². The maximum atomic E-state index is 12.3. The first-order valence-corrected chi connectivity index (χ1v) is 11.5. The molecule has 7 N–H and O–H groups in total. The number of rotatable bonds is 6. The lowest BCUT2D eigenvalue weighted by Gasteiger charge is -2.65. The third-order valence-corrected chi connectivity index (χ3v) is 8.17. The Balaban J connectivity index is 1.45. The number of guanidine groups is 1. The Kier molecular flexibility index (Phi) is 4.95. The first-order valence-electron chi connectivity index (χ1n) is 11.5. The first-order chi connectivity index (χ1) is 14.4. The Bertz CT molecular complexity index is 837. The van der Waals surface area contributed by atoms with Crippen molar-refractivity contribution >= 4 is 5.96 Å². The Hall–Kier alpha value is -1.83. The van der Waals surface area contributed by atoms with Crippen LogP contribution in [0.4, 0.5) is 0 Å². The SMILES string of the molecule is NC(N)=NCCNC1CCC2(O)C3Cc4ccc(O)cc4C2(CCN3CC2CC2)C1. The zero-order chi connectivity index (χ0) is 20.9. The number of fused-ring (bicyclic) bond motifs is 1. The van der Waals surface area contributed by atoms with Crippen molar-refractivity contribution in [1.29, 1.82) is 0 Å². The molecule has 2 bridgehead atoms. The highest BCUT2D eigenvalue weighted by molar-refractivity contribution is 5.75. The molecule has 0 aromatic heterocycles. The number of hydrogen-bond donors (Lipinski definition) is 5. The summed E-state index contributed by atoms with van der Waals surface area (Å²) in [6.07, 6.45) is 7.10. The minimum atomic E-state index is -0.737. The van der Waals surface area contributed by atoms with Gasteiger partial charge in [0.2, 0.25) is 0 Å². The standard InChI is InChI=1S/C23H35N5O2/c24-21(25)27-9-8-26-17-5-6-23(30)20-11-16-3-4-18(29)12-19(16)22(23,13-17)7-10-28(20)14-15-1-2-15/h3-4,12,15,17,20,26,29-30H,1-2,5-11,13-14H2,(H4,24,25,27). The lowest BCUT2D eigenvalue weighted by molar-refractivity contribution is -0.170. The second kappa shape index (κ2) is 7.39. The predicted molar refractivity (Wildman–Crippen MR) is 117 cm³/mol. The van der Waals surface area contributed by atoms with Crippen molar-refractivity contribution in [2.45, 2.75) is 68.0 Å². The van der Waals surface area contributed by atoms with E-state index >= 15 is 0 Å². The van der Waals surface area contributed by atoms with Gasteiger partial charge in [0.25, 0.3) is 0 Å². The molecule has 1 heterocycles. The van der Waals surface area contributed by atoms with Gasteiger partial charge in [0.15, 0.2) is 5.96 Å². The Labute approximate surface area is 178 Å². The normalized spacial score (nSPS) is 35.4. The van der Waals surface area contributed by atoms with Gasteiger partial charge in [-0.05, 0) is 80.7 Å². The van der Waals surface area contributed by atoms with Crippen LogP contribution in [0.25, 0.3) is 0 Å². The Morgan fingerprint density at radius 1 is 1.23 bits per heavy atom. The summed E-state index contributed by atoms with van der Waals surface area (Å²) in [5.41, 5.74) is 12.3. The van der Waals surface area contributed by atoms with Gasteiger partial charge in [-0.25, -0.2) is 0 Å². The van der Waals surface area contributed by atoms with Crippen LogP contribution in [-0.2, 0) is 11.8 Å². The molecule has 1 aromatic rings. The van der Waals surface area contributed by atoms with Crippen molar-refractivity contribution in [2.75, 3.05) is 26.2 Å². The largest absolute Gasteiger partial charge is 0.508 e. The highest BCUT2D eigenvalue weighted by Gasteiger charge is 2.64. The number of nitrogens with one attached hydrogen (secondary N) is 1. The average Bonchev–Trinajstić information content (AvgIpc) is 3.52. The van der Waals surface area contributed by atoms with Crippen LogP contribution in [0.2, 0.25) is 0 Å². The van der Waals surface area contributed by atoms with Crippen LogP contribution < -0.4 is 16.8 Å². The summed E-state index contributed by atoms with van der Waals surface area (Å²) in [6.45, 7) is 3.43. The Morgan fingerprint density at radius 3 is 2.83 bits per heavy atom. The van der Waals surface area contributed by atoms with Gasteiger partial charge in [0.05, 0.1) is 12.1 Å². The molecule has 4 atom stereocenters. The van der Waals surface area contributed by atoms with Crippen LogP contribution in [0, 0.1) is 5.92 Å². The quantitative estimate of drug-likeness (QED) is 0.268. The van der Waals surface area contributed by atoms with Crippen molar-refractivity contribution in [3.05, 3.63) is 29.3 Å². The van der Waals surface area contributed by atoms with Crippen LogP contribution in [0.1, 0.15) is 49.7 Å². The van der Waals surface area contributed by atoms with Crippen LogP contribution >= 0.6 is 0 Å². The minimum Gasteiger partial charge on any atom is -0.508 e. The van der Waals surface area contributed by atoms with E-state index in [0.717, 1.165) is 57.7 Å². The molecule has 0 amide bonds. The van der Waals surface area contributed by atoms with E-state index in [1.807, 2.05) is 6.07 Å². The van der Waals surface area contributed by atoms with Gasteiger partial charge >= 0.3 is 0 Å². The van der Waals surface area contributed by atoms with Gasteiger partial charge in [-0.15, -0.1) is 0 Å². The third-order valence-electron chi connectivity index (χ3n) is 8.17. The average molecular weight is 414 g/mol. The maximum absolute atomic E-state index is 12.3. The molecule has 0 radical (unpaired) electrons. The van der Waals surface area contributed by atoms with Crippen LogP contribution in [0.3, 0.4) is 0 Å². The van der Waals surface area contributed by atoms with E-state index in [0.29, 0.717) is 18.3 Å². The second-order valence-electron chi connectivity index (χ2n) is 9.96. The second-order valence-corrected chi connectivity index (χ2v) is 9.96. The monoisotopic (exact) mass is 413 g/mol. The molecule has 0 spiro atoms. The summed E-state index contributed by atoms with van der Waals surface area (Å²) in [5.74, 6) is 1.24. The topological polar surface area (TPSA) is 120 Å². The van der Waals surface area contributed by atoms with Crippen LogP contribution in [0.15, 0.2) is 23.2 Å². The number of benzene rings is 1. The van der Waals surface area contributed by atoms with E-state index in [1.54, 1.807) is 6.07 Å². The molecule has 5 rings (SSSR count).